The van der Waals surface area contributed by atoms with Gasteiger partial charge in [-0.15, -0.1) is 0 Å². The summed E-state index contributed by atoms with van der Waals surface area (Å²) in [6.45, 7) is 12.2. The second-order valence-corrected chi connectivity index (χ2v) is 7.22. The Bertz CT molecular complexity index is 295. The summed E-state index contributed by atoms with van der Waals surface area (Å²) >= 11 is 0. The van der Waals surface area contributed by atoms with Gasteiger partial charge in [-0.25, -0.2) is 0 Å². The molecule has 1 N–H and O–H groups in total. The molecule has 0 bridgehead atoms. The first-order valence-corrected chi connectivity index (χ1v) is 8.56. The predicted octanol–water partition coefficient (Wildman–Crippen LogP) is 2.36. The Balaban J connectivity index is 2.54. The Morgan fingerprint density at radius 3 is 2.38 bits per heavy atom. The molecule has 1 aliphatic heterocycles. The molecular weight excluding hydrogens is 264 g/mol. The summed E-state index contributed by atoms with van der Waals surface area (Å²) in [5.74, 6) is 1.29. The molecule has 1 fully saturated rings. The van der Waals surface area contributed by atoms with Crippen LogP contribution in [0.1, 0.15) is 53.4 Å². The molecule has 1 aliphatic rings. The Morgan fingerprint density at radius 2 is 1.86 bits per heavy atom. The molecule has 1 unspecified atom stereocenters. The van der Waals surface area contributed by atoms with E-state index in [0.29, 0.717) is 24.4 Å². The van der Waals surface area contributed by atoms with Gasteiger partial charge in [-0.2, -0.15) is 0 Å². The first-order chi connectivity index (χ1) is 9.93. The van der Waals surface area contributed by atoms with Gasteiger partial charge in [-0.3, -0.25) is 9.69 Å². The fourth-order valence-corrected chi connectivity index (χ4v) is 3.19. The van der Waals surface area contributed by atoms with Crippen molar-refractivity contribution in [1.82, 2.24) is 9.80 Å². The highest BCUT2D eigenvalue weighted by molar-refractivity contribution is 5.78. The quantitative estimate of drug-likeness (QED) is 0.711. The SMILES string of the molecule is CC(C)CN(CC(C)C)C(=O)CN1CCCC1CCCO. The molecule has 1 saturated heterocycles. The van der Waals surface area contributed by atoms with Crippen LogP contribution in [0.2, 0.25) is 0 Å². The number of hydrogen-bond donors (Lipinski definition) is 1. The van der Waals surface area contributed by atoms with Gasteiger partial charge in [-0.05, 0) is 44.1 Å². The minimum Gasteiger partial charge on any atom is -0.396 e. The summed E-state index contributed by atoms with van der Waals surface area (Å²) in [6.07, 6.45) is 4.20. The zero-order valence-electron chi connectivity index (χ0n) is 14.3. The maximum Gasteiger partial charge on any atom is 0.236 e. The lowest BCUT2D eigenvalue weighted by Crippen LogP contribution is -2.44. The third kappa shape index (κ3) is 6.79. The lowest BCUT2D eigenvalue weighted by molar-refractivity contribution is -0.133. The lowest BCUT2D eigenvalue weighted by Gasteiger charge is -2.30. The highest BCUT2D eigenvalue weighted by atomic mass is 16.3. The Labute approximate surface area is 130 Å². The molecule has 1 rings (SSSR count). The van der Waals surface area contributed by atoms with Crippen LogP contribution in [-0.2, 0) is 4.79 Å². The third-order valence-corrected chi connectivity index (χ3v) is 4.06. The van der Waals surface area contributed by atoms with Crippen LogP contribution in [0.4, 0.5) is 0 Å². The van der Waals surface area contributed by atoms with Crippen molar-refractivity contribution in [2.45, 2.75) is 59.4 Å². The predicted molar refractivity (Wildman–Crippen MR) is 87.2 cm³/mol. The van der Waals surface area contributed by atoms with Gasteiger partial charge in [-0.1, -0.05) is 27.7 Å². The van der Waals surface area contributed by atoms with Gasteiger partial charge in [0.2, 0.25) is 5.91 Å². The molecule has 0 spiro atoms. The van der Waals surface area contributed by atoms with Crippen molar-refractivity contribution in [2.75, 3.05) is 32.8 Å². The van der Waals surface area contributed by atoms with E-state index in [4.69, 9.17) is 5.11 Å². The van der Waals surface area contributed by atoms with Crippen molar-refractivity contribution < 1.29 is 9.90 Å². The molecule has 0 aromatic heterocycles. The molecule has 21 heavy (non-hydrogen) atoms. The molecular formula is C17H34N2O2. The summed E-state index contributed by atoms with van der Waals surface area (Å²) in [6, 6.07) is 0.487. The number of amides is 1. The number of carbonyl (C=O) groups is 1. The van der Waals surface area contributed by atoms with Crippen molar-refractivity contribution in [3.8, 4) is 0 Å². The molecule has 0 saturated carbocycles. The molecule has 0 aromatic rings. The van der Waals surface area contributed by atoms with Gasteiger partial charge in [0, 0.05) is 25.7 Å². The molecule has 0 aliphatic carbocycles. The zero-order valence-corrected chi connectivity index (χ0v) is 14.3. The van der Waals surface area contributed by atoms with Gasteiger partial charge < -0.3 is 10.0 Å². The number of rotatable bonds is 9. The number of carbonyl (C=O) groups excluding carboxylic acids is 1. The summed E-state index contributed by atoms with van der Waals surface area (Å²) in [5.41, 5.74) is 0. The molecule has 1 atom stereocenters. The largest absolute Gasteiger partial charge is 0.396 e. The standard InChI is InChI=1S/C17H34N2O2/c1-14(2)11-19(12-15(3)4)17(21)13-18-9-5-7-16(18)8-6-10-20/h14-16,20H,5-13H2,1-4H3. The maximum absolute atomic E-state index is 12.6. The van der Waals surface area contributed by atoms with E-state index in [-0.39, 0.29) is 12.5 Å². The van der Waals surface area contributed by atoms with E-state index in [1.54, 1.807) is 0 Å². The van der Waals surface area contributed by atoms with E-state index in [2.05, 4.69) is 32.6 Å². The van der Waals surface area contributed by atoms with Gasteiger partial charge in [0.25, 0.3) is 0 Å². The highest BCUT2D eigenvalue weighted by Crippen LogP contribution is 2.21. The maximum atomic E-state index is 12.6. The molecule has 1 amide bonds. The van der Waals surface area contributed by atoms with Crippen LogP contribution in [0.5, 0.6) is 0 Å². The minimum absolute atomic E-state index is 0.255. The Morgan fingerprint density at radius 1 is 1.24 bits per heavy atom. The fourth-order valence-electron chi connectivity index (χ4n) is 3.19. The summed E-state index contributed by atoms with van der Waals surface area (Å²) in [5, 5.41) is 8.99. The van der Waals surface area contributed by atoms with E-state index in [9.17, 15) is 4.79 Å². The Hall–Kier alpha value is -0.610. The number of aliphatic hydroxyl groups excluding tert-OH is 1. The van der Waals surface area contributed by atoms with Gasteiger partial charge in [0.1, 0.15) is 0 Å². The van der Waals surface area contributed by atoms with Crippen LogP contribution in [0.15, 0.2) is 0 Å². The van der Waals surface area contributed by atoms with E-state index in [0.717, 1.165) is 32.5 Å². The van der Waals surface area contributed by atoms with Crippen LogP contribution in [0.3, 0.4) is 0 Å². The van der Waals surface area contributed by atoms with Crippen molar-refractivity contribution in [1.29, 1.82) is 0 Å². The zero-order chi connectivity index (χ0) is 15.8. The second-order valence-electron chi connectivity index (χ2n) is 7.22. The van der Waals surface area contributed by atoms with Crippen LogP contribution < -0.4 is 0 Å². The third-order valence-electron chi connectivity index (χ3n) is 4.06. The van der Waals surface area contributed by atoms with E-state index < -0.39 is 0 Å². The molecule has 4 heteroatoms. The normalized spacial score (nSPS) is 19.7. The lowest BCUT2D eigenvalue weighted by atomic mass is 10.1. The van der Waals surface area contributed by atoms with E-state index >= 15 is 0 Å². The molecule has 4 nitrogen and oxygen atoms in total. The number of aliphatic hydroxyl groups is 1. The van der Waals surface area contributed by atoms with E-state index in [1.807, 2.05) is 4.90 Å². The molecule has 124 valence electrons. The first kappa shape index (κ1) is 18.4. The average Bonchev–Trinajstić information content (AvgIpc) is 2.81. The monoisotopic (exact) mass is 298 g/mol. The first-order valence-electron chi connectivity index (χ1n) is 8.56. The fraction of sp³-hybridized carbons (Fsp3) is 0.941. The van der Waals surface area contributed by atoms with Crippen LogP contribution in [0, 0.1) is 11.8 Å². The van der Waals surface area contributed by atoms with Crippen LogP contribution >= 0.6 is 0 Å². The number of hydrogen-bond acceptors (Lipinski definition) is 3. The number of nitrogens with zero attached hydrogens (tertiary/aromatic N) is 2. The van der Waals surface area contributed by atoms with Crippen LogP contribution in [0.25, 0.3) is 0 Å². The average molecular weight is 298 g/mol. The number of likely N-dealkylation sites (tertiary alicyclic amines) is 1. The summed E-state index contributed by atoms with van der Waals surface area (Å²) < 4.78 is 0. The molecule has 1 heterocycles. The second kappa shape index (κ2) is 9.42. The van der Waals surface area contributed by atoms with Gasteiger partial charge in [0.05, 0.1) is 6.54 Å². The summed E-state index contributed by atoms with van der Waals surface area (Å²) in [7, 11) is 0. The molecule has 0 aromatic carbocycles. The van der Waals surface area contributed by atoms with Crippen molar-refractivity contribution >= 4 is 5.91 Å². The van der Waals surface area contributed by atoms with Crippen molar-refractivity contribution in [3.63, 3.8) is 0 Å². The van der Waals surface area contributed by atoms with Crippen molar-refractivity contribution in [3.05, 3.63) is 0 Å². The Kier molecular flexibility index (Phi) is 8.27. The smallest absolute Gasteiger partial charge is 0.236 e. The highest BCUT2D eigenvalue weighted by Gasteiger charge is 2.27. The van der Waals surface area contributed by atoms with Gasteiger partial charge in [0.15, 0.2) is 0 Å². The minimum atomic E-state index is 0.255. The summed E-state index contributed by atoms with van der Waals surface area (Å²) in [4.78, 5) is 17.0. The topological polar surface area (TPSA) is 43.8 Å². The van der Waals surface area contributed by atoms with Crippen LogP contribution in [-0.4, -0.2) is 59.6 Å². The molecule has 0 radical (unpaired) electrons. The van der Waals surface area contributed by atoms with E-state index in [1.165, 1.54) is 12.8 Å². The van der Waals surface area contributed by atoms with Gasteiger partial charge >= 0.3 is 0 Å². The van der Waals surface area contributed by atoms with Crippen molar-refractivity contribution in [2.24, 2.45) is 11.8 Å².